The summed E-state index contributed by atoms with van der Waals surface area (Å²) in [7, 11) is -3.25. The van der Waals surface area contributed by atoms with E-state index in [-0.39, 0.29) is 17.2 Å². The molecule has 80 heavy (non-hydrogen) atoms. The van der Waals surface area contributed by atoms with Crippen molar-refractivity contribution in [1.82, 2.24) is 0 Å². The number of halogens is 24. The molecule has 7 rings (SSSR count). The highest BCUT2D eigenvalue weighted by Crippen LogP contribution is 2.41. The van der Waals surface area contributed by atoms with Gasteiger partial charge in [0.15, 0.2) is 16.0 Å². The molecule has 0 amide bonds. The molecule has 7 aromatic rings. The van der Waals surface area contributed by atoms with E-state index in [1.807, 2.05) is 47.2 Å². The topological polar surface area (TPSA) is 55.1 Å². The summed E-state index contributed by atoms with van der Waals surface area (Å²) >= 11 is 0. The van der Waals surface area contributed by atoms with Crippen LogP contribution in [0.3, 0.4) is 0 Å². The lowest BCUT2D eigenvalue weighted by Crippen LogP contribution is -2.75. The van der Waals surface area contributed by atoms with E-state index in [0.717, 1.165) is 17.2 Å². The van der Waals surface area contributed by atoms with Gasteiger partial charge in [-0.1, -0.05) is 60.7 Å². The van der Waals surface area contributed by atoms with E-state index in [2.05, 4.69) is 0 Å². The number of alkyl halides is 24. The van der Waals surface area contributed by atoms with Gasteiger partial charge in [0.1, 0.15) is 6.15 Å². The number of pyridine rings is 1. The normalized spacial score (nSPS) is 13.5. The molecule has 0 atom stereocenters. The van der Waals surface area contributed by atoms with Crippen molar-refractivity contribution in [2.24, 2.45) is 0 Å². The second kappa shape index (κ2) is 21.0. The van der Waals surface area contributed by atoms with Crippen molar-refractivity contribution < 1.29 is 123 Å². The van der Waals surface area contributed by atoms with Gasteiger partial charge in [0.05, 0.1) is 49.4 Å². The number of carbonyl (C=O) groups is 1. The first-order chi connectivity index (χ1) is 36.2. The highest BCUT2D eigenvalue weighted by molar-refractivity contribution is 7.90. The van der Waals surface area contributed by atoms with Gasteiger partial charge < -0.3 is 0 Å². The molecule has 1 heterocycles. The van der Waals surface area contributed by atoms with Crippen molar-refractivity contribution in [1.29, 1.82) is 0 Å². The van der Waals surface area contributed by atoms with Crippen LogP contribution in [0.4, 0.5) is 105 Å². The van der Waals surface area contributed by atoms with Gasteiger partial charge in [-0.25, -0.2) is 8.42 Å². The summed E-state index contributed by atoms with van der Waals surface area (Å²) in [5.41, 5.74) is -28.7. The average Bonchev–Trinajstić information content (AvgIpc) is 3.32. The molecule has 0 bridgehead atoms. The van der Waals surface area contributed by atoms with Crippen molar-refractivity contribution in [2.45, 2.75) is 60.9 Å². The summed E-state index contributed by atoms with van der Waals surface area (Å²) in [6, 6.07) is 9.01. The molecule has 0 fully saturated rings. The monoisotopic (exact) mass is 1190 g/mol. The number of para-hydroxylation sites is 1. The number of ketones is 1. The number of carbonyl (C=O) groups excluding carboxylic acids is 1. The lowest BCUT2D eigenvalue weighted by Gasteiger charge is -2.46. The molecule has 0 spiro atoms. The molecular weight excluding hydrogens is 1160 g/mol. The number of nitrogens with zero attached hydrogens (tertiary/aromatic N) is 1. The van der Waals surface area contributed by atoms with Gasteiger partial charge >= 0.3 is 49.4 Å². The zero-order valence-corrected chi connectivity index (χ0v) is 40.0. The fraction of sp³-hybridized carbons (Fsp3) is 0.200. The highest BCUT2D eigenvalue weighted by atomic mass is 32.2. The maximum atomic E-state index is 14.2. The third-order valence-electron chi connectivity index (χ3n) is 12.1. The Balaban J connectivity index is 0.000000370. The standard InChI is InChI=1S/C32H12BF24.C18H16NO3S/c34-25(35,36)13-1-14(26(37,38)39)6-21(5-13)33(22-7-15(27(40,41)42)2-16(8-22)28(43,44)45,23-9-17(29(46,47)48)3-18(10-23)30(49,50)51)24-11-19(31(52,53)54)4-20(12-24)32(55,56)57;1-23(21,22)16-10-8-15(9-11-16)18(20)13-19-12-4-6-14-5-2-3-7-17(14)19/h1-12H;2-12H,13H2,1H3/q-1;+1. The number of rotatable bonds is 8. The minimum atomic E-state index is -6.13. The van der Waals surface area contributed by atoms with Crippen molar-refractivity contribution in [3.8, 4) is 0 Å². The first-order valence-corrected chi connectivity index (χ1v) is 23.7. The Morgan fingerprint density at radius 2 is 0.650 bits per heavy atom. The molecule has 0 aliphatic heterocycles. The summed E-state index contributed by atoms with van der Waals surface area (Å²) in [5, 5.41) is 1.07. The van der Waals surface area contributed by atoms with E-state index < -0.39 is 205 Å². The number of hydrogen-bond acceptors (Lipinski definition) is 3. The molecule has 0 aliphatic rings. The zero-order valence-electron chi connectivity index (χ0n) is 39.2. The lowest BCUT2D eigenvalue weighted by atomic mass is 9.12. The summed E-state index contributed by atoms with van der Waals surface area (Å²) in [6.45, 7) is 0.208. The molecule has 0 unspecified atom stereocenters. The van der Waals surface area contributed by atoms with Gasteiger partial charge in [-0.3, -0.25) is 4.79 Å². The molecule has 4 nitrogen and oxygen atoms in total. The number of sulfone groups is 1. The van der Waals surface area contributed by atoms with Crippen LogP contribution in [0.5, 0.6) is 0 Å². The van der Waals surface area contributed by atoms with E-state index in [4.69, 9.17) is 0 Å². The van der Waals surface area contributed by atoms with Crippen LogP contribution in [-0.4, -0.2) is 26.6 Å². The van der Waals surface area contributed by atoms with Crippen LogP contribution in [0, 0.1) is 0 Å². The maximum absolute atomic E-state index is 14.2. The van der Waals surface area contributed by atoms with Crippen LogP contribution in [0.25, 0.3) is 10.9 Å². The largest absolute Gasteiger partial charge is 0.416 e. The molecule has 0 radical (unpaired) electrons. The number of Topliss-reactive ketones (excluding diaryl/α,β-unsaturated/α-hetero) is 1. The predicted octanol–water partition coefficient (Wildman–Crippen LogP) is 13.6. The summed E-state index contributed by atoms with van der Waals surface area (Å²) in [5.74, 6) is -0.0635. The van der Waals surface area contributed by atoms with E-state index in [0.29, 0.717) is 5.56 Å². The van der Waals surface area contributed by atoms with Gasteiger partial charge in [0.25, 0.3) is 0 Å². The summed E-state index contributed by atoms with van der Waals surface area (Å²) < 4.78 is 366. The van der Waals surface area contributed by atoms with E-state index in [1.54, 1.807) is 12.1 Å². The molecule has 0 aliphatic carbocycles. The van der Waals surface area contributed by atoms with Crippen molar-refractivity contribution >= 4 is 54.5 Å². The fourth-order valence-electron chi connectivity index (χ4n) is 8.56. The van der Waals surface area contributed by atoms with Crippen molar-refractivity contribution in [3.63, 3.8) is 0 Å². The summed E-state index contributed by atoms with van der Waals surface area (Å²) in [6.07, 6.45) is -51.8. The Morgan fingerprint density at radius 1 is 0.388 bits per heavy atom. The minimum absolute atomic E-state index is 0.0635. The average molecular weight is 1190 g/mol. The third-order valence-corrected chi connectivity index (χ3v) is 13.3. The molecule has 0 saturated heterocycles. The molecule has 1 aromatic heterocycles. The van der Waals surface area contributed by atoms with Crippen LogP contribution < -0.4 is 26.4 Å². The van der Waals surface area contributed by atoms with Gasteiger partial charge in [0.2, 0.25) is 17.8 Å². The van der Waals surface area contributed by atoms with Gasteiger partial charge in [-0.2, -0.15) is 132 Å². The number of fused-ring (bicyclic) bond motifs is 1. The Bertz CT molecular complexity index is 3130. The highest BCUT2D eigenvalue weighted by Gasteiger charge is 2.47. The lowest BCUT2D eigenvalue weighted by molar-refractivity contribution is -0.657. The van der Waals surface area contributed by atoms with Crippen LogP contribution >= 0.6 is 0 Å². The van der Waals surface area contributed by atoms with Crippen LogP contribution in [0.1, 0.15) is 54.9 Å². The second-order valence-corrected chi connectivity index (χ2v) is 19.7. The fourth-order valence-corrected chi connectivity index (χ4v) is 9.19. The van der Waals surface area contributed by atoms with Crippen LogP contribution in [0.15, 0.2) is 145 Å². The van der Waals surface area contributed by atoms with Crippen LogP contribution in [-0.2, 0) is 65.8 Å². The molecule has 6 aromatic carbocycles. The second-order valence-electron chi connectivity index (χ2n) is 17.6. The Morgan fingerprint density at radius 3 is 0.912 bits per heavy atom. The summed E-state index contributed by atoms with van der Waals surface area (Å²) in [4.78, 5) is 12.7. The Kier molecular flexibility index (Phi) is 16.3. The number of hydrogen-bond donors (Lipinski definition) is 0. The predicted molar refractivity (Wildman–Crippen MR) is 238 cm³/mol. The van der Waals surface area contributed by atoms with Crippen molar-refractivity contribution in [3.05, 3.63) is 190 Å². The van der Waals surface area contributed by atoms with Gasteiger partial charge in [-0.15, -0.1) is 0 Å². The first kappa shape index (κ1) is 61.9. The van der Waals surface area contributed by atoms with E-state index >= 15 is 0 Å². The first-order valence-electron chi connectivity index (χ1n) is 21.8. The Labute approximate surface area is 433 Å². The van der Waals surface area contributed by atoms with Gasteiger partial charge in [-0.05, 0) is 60.7 Å². The molecular formula is C50H28BF24NO3S. The molecule has 428 valence electrons. The van der Waals surface area contributed by atoms with Crippen LogP contribution in [0.2, 0.25) is 0 Å². The number of aromatic nitrogens is 1. The Hall–Kier alpha value is -7.27. The quantitative estimate of drug-likeness (QED) is 0.0659. The zero-order chi connectivity index (χ0) is 60.4. The SMILES string of the molecule is CS(=O)(=O)c1ccc(C(=O)C[n+]2cccc3ccccc32)cc1.FC(F)(F)c1cc([B-](c2cc(C(F)(F)F)cc(C(F)(F)F)c2)(c2cc(C(F)(F)F)cc(C(F)(F)F)c2)c2cc(C(F)(F)F)cc(C(F)(F)F)c2)cc(C(F)(F)F)c1. The third kappa shape index (κ3) is 13.8. The van der Waals surface area contributed by atoms with Crippen molar-refractivity contribution in [2.75, 3.05) is 6.26 Å². The minimum Gasteiger partial charge on any atom is -0.287 e. The molecule has 0 N–H and O–H groups in total. The van der Waals surface area contributed by atoms with E-state index in [9.17, 15) is 119 Å². The molecule has 30 heteroatoms. The maximum Gasteiger partial charge on any atom is 0.416 e. The molecule has 0 saturated carbocycles. The van der Waals surface area contributed by atoms with Gasteiger partial charge in [0, 0.05) is 29.3 Å². The smallest absolute Gasteiger partial charge is 0.287 e. The number of benzene rings is 6. The van der Waals surface area contributed by atoms with E-state index in [1.165, 1.54) is 12.1 Å².